The van der Waals surface area contributed by atoms with E-state index in [0.29, 0.717) is 58.7 Å². The minimum absolute atomic E-state index is 0.00677. The summed E-state index contributed by atoms with van der Waals surface area (Å²) in [7, 11) is 3.90. The number of aromatic hydroxyl groups is 1. The number of thiophene rings is 1. The SMILES string of the molecule is CCCC[C@H]1C(=O)N(C)[C@@H](CCCC)C(=O)N[C@@H](CCCNC(=N)N)C(=O)NC(C(=O)NCC(N)=O)CSCC(=O)N[C@@H](Cc2ccc(O)cc2)C(=O)N(C)[C@@H](C)C(=O)N[C@@H](CC(N)=O)C(=O)N2CCC[C@H]2C(=O)N[C@@H](CCO)C(=O)N[C@@H](CC(C)C)C(=O)N2C[C@H](O)C[C@H]2C(=O)N[C@@H](Cc2c[nH]c3ccccc23)C(=O)N[C@@H](CO)C(=O)N[C@@H](Cc2csc3ccccc23)C(=O)N1C. The third kappa shape index (κ3) is 30.0. The van der Waals surface area contributed by atoms with Crippen molar-refractivity contribution in [2.24, 2.45) is 23.1 Å². The molecule has 5 aromatic rings. The van der Waals surface area contributed by atoms with Gasteiger partial charge in [-0.1, -0.05) is 102 Å². The predicted octanol–water partition coefficient (Wildman–Crippen LogP) is -2.78. The molecule has 1 unspecified atom stereocenters. The van der Waals surface area contributed by atoms with Gasteiger partial charge in [0.05, 0.1) is 31.4 Å². The van der Waals surface area contributed by atoms with Crippen molar-refractivity contribution in [1.82, 2.24) is 88.0 Å². The van der Waals surface area contributed by atoms with Gasteiger partial charge in [0, 0.05) is 101 Å². The number of nitrogens with one attached hydrogen (secondary N) is 13. The molecule has 0 saturated carbocycles. The molecule has 44 heteroatoms. The Hall–Kier alpha value is -12.6. The number of H-pyrrole nitrogens is 1. The van der Waals surface area contributed by atoms with Gasteiger partial charge >= 0.3 is 0 Å². The molecule has 3 fully saturated rings. The number of aliphatic hydroxyl groups excluding tert-OH is 3. The van der Waals surface area contributed by atoms with Crippen LogP contribution in [0.15, 0.2) is 84.4 Å². The molecule has 133 heavy (non-hydrogen) atoms. The van der Waals surface area contributed by atoms with Crippen LogP contribution in [0.4, 0.5) is 0 Å². The van der Waals surface area contributed by atoms with Crippen molar-refractivity contribution in [2.75, 3.05) is 72.0 Å². The average molecular weight is 1890 g/mol. The number of phenolic OH excluding ortho intramolecular Hbond substituents is 1. The fourth-order valence-corrected chi connectivity index (χ4v) is 18.1. The number of unbranched alkanes of at least 4 members (excludes halogenated alkanes) is 2. The third-order valence-corrected chi connectivity index (χ3v) is 25.7. The Bertz CT molecular complexity index is 4980. The summed E-state index contributed by atoms with van der Waals surface area (Å²) in [4.78, 5) is 257. The van der Waals surface area contributed by atoms with Crippen molar-refractivity contribution < 1.29 is 102 Å². The van der Waals surface area contributed by atoms with Gasteiger partial charge in [0.15, 0.2) is 5.96 Å². The van der Waals surface area contributed by atoms with Crippen LogP contribution in [-0.4, -0.2) is 319 Å². The van der Waals surface area contributed by atoms with Crippen molar-refractivity contribution in [2.45, 2.75) is 234 Å². The van der Waals surface area contributed by atoms with Gasteiger partial charge in [0.25, 0.3) is 0 Å². The van der Waals surface area contributed by atoms with Crippen LogP contribution >= 0.6 is 23.1 Å². The van der Waals surface area contributed by atoms with Crippen molar-refractivity contribution in [1.29, 1.82) is 5.41 Å². The number of aromatic amines is 1. The summed E-state index contributed by atoms with van der Waals surface area (Å²) in [5.74, 6) is -18.3. The zero-order valence-electron chi connectivity index (χ0n) is 76.0. The Labute approximate surface area is 778 Å². The van der Waals surface area contributed by atoms with E-state index >= 15 is 33.6 Å². The molecule has 8 rings (SSSR count). The van der Waals surface area contributed by atoms with E-state index in [0.717, 1.165) is 41.0 Å². The van der Waals surface area contributed by atoms with E-state index in [9.17, 15) is 68.4 Å². The first-order valence-corrected chi connectivity index (χ1v) is 46.6. The van der Waals surface area contributed by atoms with Crippen molar-refractivity contribution in [3.8, 4) is 5.75 Å². The van der Waals surface area contributed by atoms with Gasteiger partial charge in [-0.3, -0.25) is 86.9 Å². The Morgan fingerprint density at radius 1 is 0.556 bits per heavy atom. The molecule has 42 nitrogen and oxygen atoms in total. The number of aliphatic hydroxyl groups is 3. The number of nitrogens with two attached hydrogens (primary N) is 3. The number of rotatable bonds is 26. The number of hydrogen-bond donors (Lipinski definition) is 20. The van der Waals surface area contributed by atoms with E-state index in [-0.39, 0.29) is 89.0 Å². The normalized spacial score (nSPS) is 25.0. The van der Waals surface area contributed by atoms with Crippen LogP contribution in [-0.2, 0) is 101 Å². The lowest BCUT2D eigenvalue weighted by Gasteiger charge is -2.36. The monoisotopic (exact) mass is 1890 g/mol. The van der Waals surface area contributed by atoms with Gasteiger partial charge < -0.3 is 126 Å². The van der Waals surface area contributed by atoms with E-state index in [2.05, 4.69) is 63.5 Å². The van der Waals surface area contributed by atoms with E-state index in [1.54, 1.807) is 55.8 Å². The number of likely N-dealkylation sites (N-methyl/N-ethyl adjacent to an activating group) is 3. The first kappa shape index (κ1) is 106. The number of guanidine groups is 1. The Morgan fingerprint density at radius 3 is 1.78 bits per heavy atom. The lowest BCUT2D eigenvalue weighted by molar-refractivity contribution is -0.149. The molecule has 726 valence electrons. The number of benzene rings is 3. The van der Waals surface area contributed by atoms with E-state index in [1.165, 1.54) is 63.7 Å². The molecule has 2 aromatic heterocycles. The van der Waals surface area contributed by atoms with Crippen LogP contribution in [0.2, 0.25) is 0 Å². The van der Waals surface area contributed by atoms with Crippen LogP contribution < -0.4 is 75.7 Å². The third-order valence-electron chi connectivity index (χ3n) is 23.6. The number of phenols is 1. The smallest absolute Gasteiger partial charge is 0.246 e. The summed E-state index contributed by atoms with van der Waals surface area (Å²) < 4.78 is 0.808. The minimum atomic E-state index is -1.89. The minimum Gasteiger partial charge on any atom is -0.508 e. The summed E-state index contributed by atoms with van der Waals surface area (Å²) in [5.41, 5.74) is 18.8. The molecule has 17 amide bonds. The van der Waals surface area contributed by atoms with Gasteiger partial charge in [0.2, 0.25) is 100 Å². The van der Waals surface area contributed by atoms with Crippen LogP contribution in [0.5, 0.6) is 5.75 Å². The first-order valence-electron chi connectivity index (χ1n) is 44.6. The second-order valence-corrected chi connectivity index (χ2v) is 36.0. The zero-order chi connectivity index (χ0) is 97.6. The van der Waals surface area contributed by atoms with E-state index in [4.69, 9.17) is 22.6 Å². The maximum Gasteiger partial charge on any atom is 0.246 e. The topological polar surface area (TPSA) is 637 Å². The number of thioether (sulfide) groups is 1. The number of hydrogen-bond acceptors (Lipinski definition) is 24. The van der Waals surface area contributed by atoms with E-state index < -0.39 is 254 Å². The number of primary amides is 2. The van der Waals surface area contributed by atoms with Crippen LogP contribution in [0.1, 0.15) is 141 Å². The largest absolute Gasteiger partial charge is 0.508 e. The number of amides is 17. The summed E-state index contributed by atoms with van der Waals surface area (Å²) >= 11 is 2.10. The lowest BCUT2D eigenvalue weighted by atomic mass is 10.00. The fourth-order valence-electron chi connectivity index (χ4n) is 16.3. The molecule has 15 atom stereocenters. The van der Waals surface area contributed by atoms with Gasteiger partial charge in [-0.05, 0) is 116 Å². The summed E-state index contributed by atoms with van der Waals surface area (Å²) in [6.07, 6.45) is -0.854. The Morgan fingerprint density at radius 2 is 1.12 bits per heavy atom. The summed E-state index contributed by atoms with van der Waals surface area (Å²) in [5, 5.41) is 82.9. The zero-order valence-corrected chi connectivity index (χ0v) is 77.6. The number of fused-ring (bicyclic) bond motifs is 4. The van der Waals surface area contributed by atoms with E-state index in [1.807, 2.05) is 32.0 Å². The van der Waals surface area contributed by atoms with Crippen LogP contribution in [0, 0.1) is 11.3 Å². The molecule has 23 N–H and O–H groups in total. The van der Waals surface area contributed by atoms with Gasteiger partial charge in [-0.25, -0.2) is 0 Å². The fraction of sp³-hybridized carbons (Fsp3) is 0.551. The Kier molecular flexibility index (Phi) is 40.5. The molecule has 3 aliphatic heterocycles. The van der Waals surface area contributed by atoms with Gasteiger partial charge in [-0.2, -0.15) is 0 Å². The molecular weight excluding hydrogens is 1760 g/mol. The number of nitrogens with zero attached hydrogens (tertiary/aromatic N) is 5. The highest BCUT2D eigenvalue weighted by atomic mass is 32.2. The van der Waals surface area contributed by atoms with Crippen molar-refractivity contribution in [3.63, 3.8) is 0 Å². The highest BCUT2D eigenvalue weighted by Gasteiger charge is 2.47. The second-order valence-electron chi connectivity index (χ2n) is 34.1. The number of para-hydroxylation sites is 1. The summed E-state index contributed by atoms with van der Waals surface area (Å²) in [6.45, 7) is 5.21. The maximum absolute atomic E-state index is 15.7. The number of aromatic nitrogens is 1. The predicted molar refractivity (Wildman–Crippen MR) is 493 cm³/mol. The van der Waals surface area contributed by atoms with Crippen molar-refractivity contribution >= 4 is 150 Å². The first-order chi connectivity index (χ1) is 63.3. The second kappa shape index (κ2) is 50.9. The number of carbonyl (C=O) groups is 17. The Balaban J connectivity index is 1.19. The van der Waals surface area contributed by atoms with Crippen LogP contribution in [0.3, 0.4) is 0 Å². The molecule has 0 radical (unpaired) electrons. The number of carbonyl (C=O) groups excluding carboxylic acids is 17. The molecule has 3 aliphatic rings. The summed E-state index contributed by atoms with van der Waals surface area (Å²) in [6, 6.07) is -2.22. The average Bonchev–Trinajstić information content (AvgIpc) is 1.70. The molecule has 5 heterocycles. The van der Waals surface area contributed by atoms with Gasteiger partial charge in [0.1, 0.15) is 90.3 Å². The van der Waals surface area contributed by atoms with Gasteiger partial charge in [-0.15, -0.1) is 23.1 Å². The lowest BCUT2D eigenvalue weighted by Crippen LogP contribution is -2.61. The standard InChI is InChI=1S/C89H127N21O21S2/c1-9-11-23-67-81(124)98-58(22-17-32-94-89(92)93)77(120)105-66(76(119)96-42-73(91)116)46-132-47-74(117)97-62(36-50-27-29-53(113)30-28-50)84(127)106(6)49(5)75(118)101-64(40-72(90)115)86(129)109-33-18-25-68(109)82(125)99-59(31-34-111)78(121)102-61(35-48(3)4)87(130)110-43-54(114)39-70(110)83(126)100-60(37-51-41-95-57-21-15-13-19-55(51)57)79(122)104-65(44-112)80(123)103-63(38-52-45-133-71-26-16-14-20-56(52)71)85(128)108(8)69(24-12-10-2)88(131)107(67)7/h13-16,19-21,26-30,41,45,48-49,54,58-70,95,111-114H,9-12,17-18,22-25,31-40,42-44,46-47H2,1-8H3,(H2,90,115)(H2,91,116)(H,96,119)(H,97,117)(H,98,124)(H,99,125)(H,100,126)(H,101,118)(H,102,121)(H,103,123)(H,104,122)(H,105,120)(H4,92,93,94)/t49-,54+,58-,59-,60-,61-,62-,63-,64-,65-,66?,67-,68-,69-,70-/m0/s1. The van der Waals surface area contributed by atoms with Crippen molar-refractivity contribution in [3.05, 3.63) is 101 Å². The highest BCUT2D eigenvalue weighted by molar-refractivity contribution is 8.00. The quantitative estimate of drug-likeness (QED) is 0.0151. The molecule has 0 bridgehead atoms. The molecular formula is C89H127N21O21S2. The molecule has 3 aromatic carbocycles. The van der Waals surface area contributed by atoms with Crippen LogP contribution in [0.25, 0.3) is 21.0 Å². The maximum atomic E-state index is 15.7. The molecule has 0 spiro atoms. The molecule has 0 aliphatic carbocycles. The molecule has 3 saturated heterocycles. The highest BCUT2D eigenvalue weighted by Crippen LogP contribution is 2.30.